The van der Waals surface area contributed by atoms with Crippen molar-refractivity contribution in [3.63, 3.8) is 0 Å². The lowest BCUT2D eigenvalue weighted by Crippen LogP contribution is -2.40. The molecule has 37 heavy (non-hydrogen) atoms. The molecule has 3 rings (SSSR count). The number of imide groups is 1. The van der Waals surface area contributed by atoms with Gasteiger partial charge in [0, 0.05) is 36.8 Å². The van der Waals surface area contributed by atoms with Crippen molar-refractivity contribution in [2.75, 3.05) is 36.7 Å². The summed E-state index contributed by atoms with van der Waals surface area (Å²) in [6.07, 6.45) is -1.00. The van der Waals surface area contributed by atoms with Gasteiger partial charge in [-0.15, -0.1) is 0 Å². The van der Waals surface area contributed by atoms with E-state index in [-0.39, 0.29) is 24.1 Å². The number of halogens is 6. The molecule has 2 aromatic rings. The average Bonchev–Trinajstić information content (AvgIpc) is 3.22. The van der Waals surface area contributed by atoms with Crippen LogP contribution in [0.2, 0.25) is 0 Å². The Kier molecular flexibility index (Phi) is 9.88. The van der Waals surface area contributed by atoms with Gasteiger partial charge in [0.05, 0.1) is 7.11 Å². The van der Waals surface area contributed by atoms with Gasteiger partial charge in [-0.05, 0) is 23.8 Å². The Morgan fingerprint density at radius 3 is 2.22 bits per heavy atom. The van der Waals surface area contributed by atoms with Crippen LogP contribution in [0.3, 0.4) is 0 Å². The maximum atomic E-state index is 12.9. The Balaban J connectivity index is 1.86. The van der Waals surface area contributed by atoms with Crippen LogP contribution in [0.15, 0.2) is 42.6 Å². The van der Waals surface area contributed by atoms with E-state index in [0.717, 1.165) is 5.56 Å². The summed E-state index contributed by atoms with van der Waals surface area (Å²) in [6, 6.07) is 10.3. The molecule has 0 spiro atoms. The summed E-state index contributed by atoms with van der Waals surface area (Å²) in [5.41, 5.74) is 1.30. The van der Waals surface area contributed by atoms with E-state index in [1.807, 2.05) is 24.3 Å². The quantitative estimate of drug-likeness (QED) is 0.338. The van der Waals surface area contributed by atoms with Crippen molar-refractivity contribution >= 4 is 99.2 Å². The van der Waals surface area contributed by atoms with Crippen molar-refractivity contribution in [2.24, 2.45) is 0 Å². The third-order valence-electron chi connectivity index (χ3n) is 5.04. The number of nitrogens with zero attached hydrogens (tertiary/aromatic N) is 3. The van der Waals surface area contributed by atoms with Crippen molar-refractivity contribution < 1.29 is 28.6 Å². The molecule has 200 valence electrons. The van der Waals surface area contributed by atoms with Gasteiger partial charge in [0.25, 0.3) is 0 Å². The Bertz CT molecular complexity index is 1130. The van der Waals surface area contributed by atoms with Crippen LogP contribution in [0, 0.1) is 0 Å². The normalized spacial score (nSPS) is 15.9. The number of carbonyl (C=O) groups excluding carboxylic acids is 3. The molecule has 15 heteroatoms. The summed E-state index contributed by atoms with van der Waals surface area (Å²) in [5, 5.41) is 0. The summed E-state index contributed by atoms with van der Waals surface area (Å²) >= 11 is 33.8. The highest BCUT2D eigenvalue weighted by Gasteiger charge is 2.35. The lowest BCUT2D eigenvalue weighted by Gasteiger charge is -2.23. The maximum absolute atomic E-state index is 12.9. The average molecular weight is 634 g/mol. The highest BCUT2D eigenvalue weighted by atomic mass is 35.6. The molecule has 2 heterocycles. The Morgan fingerprint density at radius 2 is 1.65 bits per heavy atom. The smallest absolute Gasteiger partial charge is 0.425 e. The van der Waals surface area contributed by atoms with E-state index in [1.54, 1.807) is 13.2 Å². The molecule has 0 aliphatic carbocycles. The van der Waals surface area contributed by atoms with Crippen LogP contribution in [0.5, 0.6) is 5.75 Å². The maximum Gasteiger partial charge on any atom is 0.425 e. The number of carbonyl (C=O) groups is 3. The summed E-state index contributed by atoms with van der Waals surface area (Å²) in [4.78, 5) is 44.3. The number of benzene rings is 1. The lowest BCUT2D eigenvalue weighted by atomic mass is 9.98. The third-order valence-corrected chi connectivity index (χ3v) is 5.70. The number of hydrogen-bond donors (Lipinski definition) is 0. The van der Waals surface area contributed by atoms with Crippen LogP contribution in [-0.4, -0.2) is 57.5 Å². The van der Waals surface area contributed by atoms with Crippen LogP contribution in [-0.2, 0) is 14.3 Å². The van der Waals surface area contributed by atoms with Crippen molar-refractivity contribution in [2.45, 2.75) is 19.9 Å². The highest BCUT2D eigenvalue weighted by Crippen LogP contribution is 2.34. The fourth-order valence-corrected chi connectivity index (χ4v) is 3.78. The van der Waals surface area contributed by atoms with E-state index in [0.29, 0.717) is 22.9 Å². The first-order chi connectivity index (χ1) is 17.3. The van der Waals surface area contributed by atoms with Crippen LogP contribution in [0.1, 0.15) is 17.9 Å². The minimum absolute atomic E-state index is 0.112. The molecular formula is C22H19Cl6N3O6. The first-order valence-corrected chi connectivity index (χ1v) is 12.7. The molecule has 1 unspecified atom stereocenters. The van der Waals surface area contributed by atoms with Crippen LogP contribution in [0.4, 0.5) is 21.1 Å². The molecular weight excluding hydrogens is 615 g/mol. The monoisotopic (exact) mass is 631 g/mol. The van der Waals surface area contributed by atoms with E-state index >= 15 is 0 Å². The molecule has 9 nitrogen and oxygen atoms in total. The molecule has 1 aromatic carbocycles. The highest BCUT2D eigenvalue weighted by molar-refractivity contribution is 6.68. The molecule has 1 aliphatic heterocycles. The molecule has 1 aromatic heterocycles. The molecule has 0 saturated carbocycles. The predicted molar refractivity (Wildman–Crippen MR) is 143 cm³/mol. The van der Waals surface area contributed by atoms with Crippen LogP contribution in [0.25, 0.3) is 0 Å². The number of alkyl halides is 6. The zero-order chi connectivity index (χ0) is 27.4. The molecule has 1 fully saturated rings. The van der Waals surface area contributed by atoms with Gasteiger partial charge in [0.2, 0.25) is 13.5 Å². The minimum atomic E-state index is -1.95. The second-order valence-electron chi connectivity index (χ2n) is 7.73. The first-order valence-electron chi connectivity index (χ1n) is 10.4. The standard InChI is InChI=1S/C22H19Cl6N3O6/c1-35-16-4-2-3-13(7-16)14-8-18(32)30(10-14)15-5-6-29-17(9-15)31(19(33)36-11-21(23,24)25)20(34)37-12-22(26,27)28/h2-7,9,14H,8,10-12H2,1H3. The van der Waals surface area contributed by atoms with Crippen molar-refractivity contribution in [3.05, 3.63) is 48.2 Å². The molecule has 1 aliphatic rings. The summed E-state index contributed by atoms with van der Waals surface area (Å²) in [6.45, 7) is -1.03. The number of anilines is 2. The van der Waals surface area contributed by atoms with E-state index in [1.165, 1.54) is 17.2 Å². The number of amides is 3. The molecule has 1 atom stereocenters. The molecule has 0 N–H and O–H groups in total. The van der Waals surface area contributed by atoms with Crippen LogP contribution < -0.4 is 14.5 Å². The number of rotatable bonds is 6. The number of ether oxygens (including phenoxy) is 3. The number of aromatic nitrogens is 1. The largest absolute Gasteiger partial charge is 0.497 e. The van der Waals surface area contributed by atoms with Gasteiger partial charge < -0.3 is 19.1 Å². The van der Waals surface area contributed by atoms with Gasteiger partial charge in [-0.1, -0.05) is 81.7 Å². The molecule has 3 amide bonds. The third kappa shape index (κ3) is 8.56. The molecule has 0 bridgehead atoms. The molecule has 1 saturated heterocycles. The number of methoxy groups -OCH3 is 1. The van der Waals surface area contributed by atoms with Gasteiger partial charge in [0.15, 0.2) is 5.82 Å². The van der Waals surface area contributed by atoms with Crippen molar-refractivity contribution in [3.8, 4) is 5.75 Å². The zero-order valence-corrected chi connectivity index (χ0v) is 23.5. The predicted octanol–water partition coefficient (Wildman–Crippen LogP) is 6.43. The van der Waals surface area contributed by atoms with E-state index in [4.69, 9.17) is 83.8 Å². The van der Waals surface area contributed by atoms with E-state index in [9.17, 15) is 14.4 Å². The fraction of sp³-hybridized carbons (Fsp3) is 0.364. The summed E-state index contributed by atoms with van der Waals surface area (Å²) < 4.78 is 11.2. The van der Waals surface area contributed by atoms with E-state index < -0.39 is 33.0 Å². The van der Waals surface area contributed by atoms with Crippen molar-refractivity contribution in [1.82, 2.24) is 4.98 Å². The van der Waals surface area contributed by atoms with Crippen LogP contribution >= 0.6 is 69.6 Å². The summed E-state index contributed by atoms with van der Waals surface area (Å²) in [7, 11) is 1.56. The SMILES string of the molecule is COc1cccc(C2CC(=O)N(c3ccnc(N(C(=O)OCC(Cl)(Cl)Cl)C(=O)OCC(Cl)(Cl)Cl)c3)C2)c1. The van der Waals surface area contributed by atoms with Gasteiger partial charge >= 0.3 is 12.2 Å². The topological polar surface area (TPSA) is 98.3 Å². The minimum Gasteiger partial charge on any atom is -0.497 e. The van der Waals surface area contributed by atoms with Gasteiger partial charge in [0.1, 0.15) is 19.0 Å². The van der Waals surface area contributed by atoms with Crippen molar-refractivity contribution in [1.29, 1.82) is 0 Å². The first kappa shape index (κ1) is 29.7. The Hall–Kier alpha value is -1.88. The second-order valence-corrected chi connectivity index (χ2v) is 12.8. The van der Waals surface area contributed by atoms with E-state index in [2.05, 4.69) is 4.98 Å². The second kappa shape index (κ2) is 12.3. The summed E-state index contributed by atoms with van der Waals surface area (Å²) in [5.74, 6) is 0.152. The number of pyridine rings is 1. The Labute approximate surface area is 242 Å². The molecule has 0 radical (unpaired) electrons. The fourth-order valence-electron chi connectivity index (χ4n) is 3.45. The Morgan fingerprint density at radius 1 is 1.03 bits per heavy atom. The number of hydrogen-bond acceptors (Lipinski definition) is 7. The van der Waals surface area contributed by atoms with Gasteiger partial charge in [-0.3, -0.25) is 4.79 Å². The van der Waals surface area contributed by atoms with Gasteiger partial charge in [-0.25, -0.2) is 14.6 Å². The van der Waals surface area contributed by atoms with Gasteiger partial charge in [-0.2, -0.15) is 4.90 Å². The zero-order valence-electron chi connectivity index (χ0n) is 19.0. The lowest BCUT2D eigenvalue weighted by molar-refractivity contribution is -0.117.